The number of nitrogens with two attached hydrogens (primary N) is 1. The molecule has 6 nitrogen and oxygen atoms in total. The number of fused-ring (bicyclic) bond motifs is 1. The Morgan fingerprint density at radius 3 is 3.09 bits per heavy atom. The van der Waals surface area contributed by atoms with Crippen LogP contribution >= 0.6 is 0 Å². The Kier molecular flexibility index (Phi) is 5.12. The van der Waals surface area contributed by atoms with Crippen LogP contribution in [-0.4, -0.2) is 49.5 Å². The van der Waals surface area contributed by atoms with E-state index in [2.05, 4.69) is 38.7 Å². The van der Waals surface area contributed by atoms with E-state index < -0.39 is 0 Å². The van der Waals surface area contributed by atoms with Gasteiger partial charge in [-0.05, 0) is 42.9 Å². The fraction of sp³-hybridized carbons (Fsp3) is 0.529. The Morgan fingerprint density at radius 1 is 1.35 bits per heavy atom. The molecule has 1 fully saturated rings. The molecule has 1 saturated heterocycles. The Balaban J connectivity index is 1.54. The average molecular weight is 315 g/mol. The molecule has 1 aromatic carbocycles. The standard InChI is InChI=1S/C17H25N5O/c18-17(20-9-11-22-10-8-19-16(23)12-22)21-15-7-3-5-13-4-1-2-6-14(13)15/h3,5,7H,1-2,4,6,8-12H2,(H,19,23)(H3,18,20,21). The van der Waals surface area contributed by atoms with Crippen molar-refractivity contribution in [2.75, 3.05) is 38.0 Å². The van der Waals surface area contributed by atoms with Gasteiger partial charge >= 0.3 is 0 Å². The molecule has 1 aliphatic carbocycles. The minimum Gasteiger partial charge on any atom is -0.370 e. The van der Waals surface area contributed by atoms with Gasteiger partial charge in [0.05, 0.1) is 13.1 Å². The second-order valence-corrected chi connectivity index (χ2v) is 6.17. The number of carbonyl (C=O) groups is 1. The summed E-state index contributed by atoms with van der Waals surface area (Å²) in [5.74, 6) is 0.535. The van der Waals surface area contributed by atoms with E-state index in [0.717, 1.165) is 31.6 Å². The van der Waals surface area contributed by atoms with E-state index in [1.165, 1.54) is 24.0 Å². The number of benzene rings is 1. The topological polar surface area (TPSA) is 82.8 Å². The lowest BCUT2D eigenvalue weighted by molar-refractivity contribution is -0.124. The number of hydrogen-bond acceptors (Lipinski definition) is 3. The Bertz CT molecular complexity index is 599. The number of nitrogens with zero attached hydrogens (tertiary/aromatic N) is 2. The van der Waals surface area contributed by atoms with E-state index in [9.17, 15) is 4.79 Å². The van der Waals surface area contributed by atoms with Crippen molar-refractivity contribution in [2.45, 2.75) is 25.7 Å². The summed E-state index contributed by atoms with van der Waals surface area (Å²) >= 11 is 0. The SMILES string of the molecule is NC(=NCCN1CCNC(=O)C1)Nc1cccc2c1CCCC2. The Morgan fingerprint density at radius 2 is 2.22 bits per heavy atom. The van der Waals surface area contributed by atoms with Crippen LogP contribution in [0.15, 0.2) is 23.2 Å². The normalized spacial score (nSPS) is 19.1. The molecule has 6 heteroatoms. The molecule has 3 rings (SSSR count). The highest BCUT2D eigenvalue weighted by atomic mass is 16.2. The van der Waals surface area contributed by atoms with Crippen LogP contribution in [-0.2, 0) is 17.6 Å². The molecule has 2 aliphatic rings. The number of guanidine groups is 1. The minimum absolute atomic E-state index is 0.0854. The molecule has 1 amide bonds. The number of carbonyl (C=O) groups excluding carboxylic acids is 1. The van der Waals surface area contributed by atoms with Crippen molar-refractivity contribution >= 4 is 17.6 Å². The van der Waals surface area contributed by atoms with Gasteiger partial charge in [0.15, 0.2) is 5.96 Å². The zero-order valence-corrected chi connectivity index (χ0v) is 13.5. The van der Waals surface area contributed by atoms with E-state index in [-0.39, 0.29) is 5.91 Å². The molecular formula is C17H25N5O. The smallest absolute Gasteiger partial charge is 0.234 e. The number of anilines is 1. The van der Waals surface area contributed by atoms with E-state index in [1.807, 2.05) is 0 Å². The van der Waals surface area contributed by atoms with Crippen LogP contribution in [0.2, 0.25) is 0 Å². The zero-order chi connectivity index (χ0) is 16.1. The number of nitrogens with one attached hydrogen (secondary N) is 2. The third-order valence-corrected chi connectivity index (χ3v) is 4.47. The van der Waals surface area contributed by atoms with Gasteiger partial charge in [0.25, 0.3) is 0 Å². The first-order chi connectivity index (χ1) is 11.2. The molecule has 4 N–H and O–H groups in total. The van der Waals surface area contributed by atoms with E-state index in [4.69, 9.17) is 5.73 Å². The number of amides is 1. The second kappa shape index (κ2) is 7.46. The first-order valence-electron chi connectivity index (χ1n) is 8.39. The van der Waals surface area contributed by atoms with Crippen molar-refractivity contribution < 1.29 is 4.79 Å². The second-order valence-electron chi connectivity index (χ2n) is 6.17. The highest BCUT2D eigenvalue weighted by Crippen LogP contribution is 2.27. The van der Waals surface area contributed by atoms with Gasteiger partial charge in [0.2, 0.25) is 5.91 Å². The van der Waals surface area contributed by atoms with Crippen LogP contribution in [0.1, 0.15) is 24.0 Å². The largest absolute Gasteiger partial charge is 0.370 e. The highest BCUT2D eigenvalue weighted by Gasteiger charge is 2.15. The number of piperazine rings is 1. The summed E-state index contributed by atoms with van der Waals surface area (Å²) in [4.78, 5) is 17.8. The van der Waals surface area contributed by atoms with Gasteiger partial charge in [-0.2, -0.15) is 0 Å². The van der Waals surface area contributed by atoms with Crippen LogP contribution in [0.3, 0.4) is 0 Å². The highest BCUT2D eigenvalue weighted by molar-refractivity contribution is 5.93. The lowest BCUT2D eigenvalue weighted by Crippen LogP contribution is -2.48. The fourth-order valence-corrected chi connectivity index (χ4v) is 3.27. The van der Waals surface area contributed by atoms with Crippen LogP contribution in [0.4, 0.5) is 5.69 Å². The van der Waals surface area contributed by atoms with Crippen molar-refractivity contribution in [3.8, 4) is 0 Å². The zero-order valence-electron chi connectivity index (χ0n) is 13.5. The maximum absolute atomic E-state index is 11.3. The van der Waals surface area contributed by atoms with Crippen molar-refractivity contribution in [1.29, 1.82) is 0 Å². The van der Waals surface area contributed by atoms with Crippen LogP contribution < -0.4 is 16.4 Å². The lowest BCUT2D eigenvalue weighted by Gasteiger charge is -2.25. The molecule has 0 bridgehead atoms. The number of aliphatic imine (C=N–C) groups is 1. The van der Waals surface area contributed by atoms with Gasteiger partial charge in [-0.3, -0.25) is 14.7 Å². The molecule has 0 saturated carbocycles. The van der Waals surface area contributed by atoms with Gasteiger partial charge in [-0.15, -0.1) is 0 Å². The molecule has 0 atom stereocenters. The molecule has 23 heavy (non-hydrogen) atoms. The van der Waals surface area contributed by atoms with E-state index >= 15 is 0 Å². The van der Waals surface area contributed by atoms with Crippen molar-refractivity contribution in [3.05, 3.63) is 29.3 Å². The molecule has 124 valence electrons. The molecule has 0 radical (unpaired) electrons. The van der Waals surface area contributed by atoms with Gasteiger partial charge in [0.1, 0.15) is 0 Å². The summed E-state index contributed by atoms with van der Waals surface area (Å²) in [6, 6.07) is 6.35. The van der Waals surface area contributed by atoms with Crippen molar-refractivity contribution in [1.82, 2.24) is 10.2 Å². The maximum Gasteiger partial charge on any atom is 0.234 e. The molecule has 1 heterocycles. The predicted octanol–water partition coefficient (Wildman–Crippen LogP) is 0.724. The first kappa shape index (κ1) is 15.8. The predicted molar refractivity (Wildman–Crippen MR) is 92.6 cm³/mol. The van der Waals surface area contributed by atoms with Gasteiger partial charge in [-0.1, -0.05) is 12.1 Å². The minimum atomic E-state index is 0.0854. The third kappa shape index (κ3) is 4.22. The lowest BCUT2D eigenvalue weighted by atomic mass is 9.90. The molecule has 0 unspecified atom stereocenters. The van der Waals surface area contributed by atoms with Crippen LogP contribution in [0.5, 0.6) is 0 Å². The maximum atomic E-state index is 11.3. The fourth-order valence-electron chi connectivity index (χ4n) is 3.27. The average Bonchev–Trinajstić information content (AvgIpc) is 2.55. The summed E-state index contributed by atoms with van der Waals surface area (Å²) in [5, 5.41) is 6.07. The summed E-state index contributed by atoms with van der Waals surface area (Å²) in [5.41, 5.74) is 9.91. The van der Waals surface area contributed by atoms with Gasteiger partial charge in [-0.25, -0.2) is 0 Å². The summed E-state index contributed by atoms with van der Waals surface area (Å²) in [6.07, 6.45) is 4.76. The number of rotatable bonds is 4. The van der Waals surface area contributed by atoms with Crippen molar-refractivity contribution in [3.63, 3.8) is 0 Å². The van der Waals surface area contributed by atoms with E-state index in [1.54, 1.807) is 0 Å². The Labute approximate surface area is 137 Å². The molecule has 0 aromatic heterocycles. The first-order valence-corrected chi connectivity index (χ1v) is 8.39. The Hall–Kier alpha value is -2.08. The summed E-state index contributed by atoms with van der Waals surface area (Å²) in [6.45, 7) is 3.39. The van der Waals surface area contributed by atoms with Gasteiger partial charge < -0.3 is 16.4 Å². The molecule has 1 aliphatic heterocycles. The van der Waals surface area contributed by atoms with Crippen LogP contribution in [0.25, 0.3) is 0 Å². The molecule has 1 aromatic rings. The van der Waals surface area contributed by atoms with Crippen molar-refractivity contribution in [2.24, 2.45) is 10.7 Å². The van der Waals surface area contributed by atoms with Gasteiger partial charge in [0, 0.05) is 25.3 Å². The molecule has 0 spiro atoms. The summed E-state index contributed by atoms with van der Waals surface area (Å²) < 4.78 is 0. The molecular weight excluding hydrogens is 290 g/mol. The monoisotopic (exact) mass is 315 g/mol. The van der Waals surface area contributed by atoms with Crippen LogP contribution in [0, 0.1) is 0 Å². The quantitative estimate of drug-likeness (QED) is 0.565. The third-order valence-electron chi connectivity index (χ3n) is 4.47. The number of hydrogen-bond donors (Lipinski definition) is 3. The number of aryl methyl sites for hydroxylation is 1. The summed E-state index contributed by atoms with van der Waals surface area (Å²) in [7, 11) is 0. The van der Waals surface area contributed by atoms with E-state index in [0.29, 0.717) is 25.6 Å².